The summed E-state index contributed by atoms with van der Waals surface area (Å²) in [5.74, 6) is -0.912. The van der Waals surface area contributed by atoms with Crippen LogP contribution in [0.25, 0.3) is 11.1 Å². The van der Waals surface area contributed by atoms with Crippen molar-refractivity contribution in [3.63, 3.8) is 0 Å². The van der Waals surface area contributed by atoms with Gasteiger partial charge < -0.3 is 19.5 Å². The van der Waals surface area contributed by atoms with Crippen LogP contribution in [0.4, 0.5) is 11.4 Å². The predicted octanol–water partition coefficient (Wildman–Crippen LogP) is 3.94. The van der Waals surface area contributed by atoms with E-state index in [0.717, 1.165) is 0 Å². The Kier molecular flexibility index (Phi) is 6.33. The van der Waals surface area contributed by atoms with Crippen LogP contribution in [-0.2, 0) is 9.84 Å². The van der Waals surface area contributed by atoms with Crippen LogP contribution in [0.5, 0.6) is 0 Å². The number of carbonyl (C=O) groups is 2. The van der Waals surface area contributed by atoms with Gasteiger partial charge >= 0.3 is 0 Å². The summed E-state index contributed by atoms with van der Waals surface area (Å²) in [6, 6.07) is 15.6. The smallest absolute Gasteiger partial charge is 0.293 e. The summed E-state index contributed by atoms with van der Waals surface area (Å²) < 4.78 is 36.7. The zero-order valence-corrected chi connectivity index (χ0v) is 21.1. The Balaban J connectivity index is 1.31. The van der Waals surface area contributed by atoms with Gasteiger partial charge in [0.2, 0.25) is 9.84 Å². The minimum Gasteiger partial charge on any atom is -0.459 e. The summed E-state index contributed by atoms with van der Waals surface area (Å²) in [6.45, 7) is 0. The molecule has 2 aromatic heterocycles. The van der Waals surface area contributed by atoms with Crippen molar-refractivity contribution in [1.82, 2.24) is 10.6 Å². The largest absolute Gasteiger partial charge is 0.459 e. The van der Waals surface area contributed by atoms with Crippen molar-refractivity contribution in [2.75, 3.05) is 10.6 Å². The first-order valence-electron chi connectivity index (χ1n) is 10.6. The van der Waals surface area contributed by atoms with E-state index in [9.17, 15) is 18.0 Å². The SMILES string of the molecule is O=C(NC(=S)Nc1ccc2c(c1)S(=O)(=O)c1cc(NC(=S)NC(=O)c3ccco3)ccc1-2)c1ccco1. The van der Waals surface area contributed by atoms with Crippen molar-refractivity contribution in [1.29, 1.82) is 0 Å². The van der Waals surface area contributed by atoms with Crippen LogP contribution in [-0.4, -0.2) is 30.5 Å². The molecule has 0 unspecified atom stereocenters. The minimum atomic E-state index is -3.87. The van der Waals surface area contributed by atoms with Crippen LogP contribution >= 0.6 is 24.4 Å². The van der Waals surface area contributed by atoms with Crippen LogP contribution in [0.2, 0.25) is 0 Å². The van der Waals surface area contributed by atoms with Crippen molar-refractivity contribution in [3.05, 3.63) is 84.7 Å². The van der Waals surface area contributed by atoms with Gasteiger partial charge in [0.25, 0.3) is 11.8 Å². The van der Waals surface area contributed by atoms with Gasteiger partial charge in [-0.15, -0.1) is 0 Å². The monoisotopic (exact) mass is 552 g/mol. The van der Waals surface area contributed by atoms with Gasteiger partial charge in [0.1, 0.15) is 0 Å². The molecule has 13 heteroatoms. The van der Waals surface area contributed by atoms with Crippen molar-refractivity contribution < 1.29 is 26.8 Å². The molecule has 0 saturated carbocycles. The number of amides is 2. The second-order valence-electron chi connectivity index (χ2n) is 7.70. The number of hydrogen-bond donors (Lipinski definition) is 4. The molecule has 10 nitrogen and oxygen atoms in total. The maximum absolute atomic E-state index is 13.3. The molecular weight excluding hydrogens is 536 g/mol. The third-order valence-electron chi connectivity index (χ3n) is 5.29. The molecule has 0 fully saturated rings. The highest BCUT2D eigenvalue weighted by atomic mass is 32.2. The minimum absolute atomic E-state index is 0.0224. The average Bonchev–Trinajstić information content (AvgIpc) is 3.61. The average molecular weight is 553 g/mol. The number of anilines is 2. The number of sulfone groups is 1. The standard InChI is InChI=1S/C24H16N4O6S3/c29-21(17-3-1-9-33-17)27-23(35)25-13-5-7-15-16-8-6-14(12-20(16)37(31,32)19(15)11-13)26-24(36)28-22(30)18-4-2-10-34-18/h1-12H,(H2,25,27,29,35)(H2,26,28,30,36). The highest BCUT2D eigenvalue weighted by Gasteiger charge is 2.33. The molecule has 0 radical (unpaired) electrons. The summed E-state index contributed by atoms with van der Waals surface area (Å²) in [4.78, 5) is 24.4. The quantitative estimate of drug-likeness (QED) is 0.242. The number of nitrogens with one attached hydrogen (secondary N) is 4. The Morgan fingerprint density at radius 2 is 1.11 bits per heavy atom. The molecule has 1 aliphatic heterocycles. The molecule has 2 amide bonds. The first-order valence-corrected chi connectivity index (χ1v) is 12.9. The molecule has 37 heavy (non-hydrogen) atoms. The van der Waals surface area contributed by atoms with Gasteiger partial charge in [-0.05, 0) is 73.0 Å². The molecule has 4 N–H and O–H groups in total. The molecule has 0 spiro atoms. The van der Waals surface area contributed by atoms with Gasteiger partial charge in [-0.1, -0.05) is 12.1 Å². The van der Waals surface area contributed by atoms with Gasteiger partial charge in [-0.2, -0.15) is 0 Å². The predicted molar refractivity (Wildman–Crippen MR) is 142 cm³/mol. The topological polar surface area (TPSA) is 143 Å². The maximum atomic E-state index is 13.3. The lowest BCUT2D eigenvalue weighted by Gasteiger charge is -2.10. The van der Waals surface area contributed by atoms with Crippen molar-refractivity contribution in [3.8, 4) is 11.1 Å². The van der Waals surface area contributed by atoms with E-state index in [-0.39, 0.29) is 31.5 Å². The van der Waals surface area contributed by atoms with Gasteiger partial charge in [-0.3, -0.25) is 20.2 Å². The lowest BCUT2D eigenvalue weighted by Crippen LogP contribution is -2.33. The van der Waals surface area contributed by atoms with Gasteiger partial charge in [0.15, 0.2) is 21.7 Å². The molecule has 0 atom stereocenters. The third kappa shape index (κ3) is 4.87. The number of carbonyl (C=O) groups excluding carboxylic acids is 2. The van der Waals surface area contributed by atoms with E-state index in [1.165, 1.54) is 36.8 Å². The van der Waals surface area contributed by atoms with E-state index in [2.05, 4.69) is 21.3 Å². The highest BCUT2D eigenvalue weighted by molar-refractivity contribution is 7.92. The second-order valence-corrected chi connectivity index (χ2v) is 10.4. The molecule has 186 valence electrons. The Morgan fingerprint density at radius 1 is 0.676 bits per heavy atom. The van der Waals surface area contributed by atoms with E-state index in [4.69, 9.17) is 33.3 Å². The summed E-state index contributed by atoms with van der Waals surface area (Å²) in [5.41, 5.74) is 1.79. The fourth-order valence-electron chi connectivity index (χ4n) is 3.68. The van der Waals surface area contributed by atoms with Gasteiger partial charge in [0.05, 0.1) is 22.3 Å². The molecule has 2 aromatic carbocycles. The summed E-state index contributed by atoms with van der Waals surface area (Å²) >= 11 is 10.3. The Morgan fingerprint density at radius 3 is 1.49 bits per heavy atom. The Labute approximate surface area is 221 Å². The lowest BCUT2D eigenvalue weighted by molar-refractivity contribution is 0.0943. The van der Waals surface area contributed by atoms with E-state index < -0.39 is 21.7 Å². The normalized spacial score (nSPS) is 12.6. The first kappa shape index (κ1) is 24.4. The fourth-order valence-corrected chi connectivity index (χ4v) is 5.84. The van der Waals surface area contributed by atoms with Crippen LogP contribution in [0.15, 0.2) is 91.8 Å². The number of furan rings is 2. The van der Waals surface area contributed by atoms with Crippen molar-refractivity contribution in [2.45, 2.75) is 9.79 Å². The van der Waals surface area contributed by atoms with E-state index >= 15 is 0 Å². The van der Waals surface area contributed by atoms with Crippen LogP contribution in [0.1, 0.15) is 21.1 Å². The second kappa shape index (κ2) is 9.61. The molecule has 5 rings (SSSR count). The summed E-state index contributed by atoms with van der Waals surface area (Å²) in [6.07, 6.45) is 2.72. The van der Waals surface area contributed by atoms with Gasteiger partial charge in [0, 0.05) is 22.5 Å². The van der Waals surface area contributed by atoms with Crippen LogP contribution in [0, 0.1) is 0 Å². The molecule has 0 saturated heterocycles. The number of fused-ring (bicyclic) bond motifs is 3. The van der Waals surface area contributed by atoms with Crippen molar-refractivity contribution in [2.24, 2.45) is 0 Å². The molecule has 0 aliphatic carbocycles. The number of rotatable bonds is 4. The zero-order chi connectivity index (χ0) is 26.2. The van der Waals surface area contributed by atoms with Gasteiger partial charge in [-0.25, -0.2) is 8.42 Å². The van der Waals surface area contributed by atoms with E-state index in [0.29, 0.717) is 22.5 Å². The van der Waals surface area contributed by atoms with Crippen LogP contribution in [0.3, 0.4) is 0 Å². The molecular formula is C24H16N4O6S3. The maximum Gasteiger partial charge on any atom is 0.293 e. The lowest BCUT2D eigenvalue weighted by atomic mass is 10.1. The number of hydrogen-bond acceptors (Lipinski definition) is 8. The summed E-state index contributed by atoms with van der Waals surface area (Å²) in [5, 5.41) is 10.5. The van der Waals surface area contributed by atoms with Crippen molar-refractivity contribution >= 4 is 67.7 Å². The fraction of sp³-hybridized carbons (Fsp3) is 0. The van der Waals surface area contributed by atoms with E-state index in [1.54, 1.807) is 36.4 Å². The first-order chi connectivity index (χ1) is 17.7. The Hall–Kier alpha value is -4.33. The highest BCUT2D eigenvalue weighted by Crippen LogP contribution is 2.45. The van der Waals surface area contributed by atoms with E-state index in [1.807, 2.05) is 0 Å². The zero-order valence-electron chi connectivity index (χ0n) is 18.6. The number of benzene rings is 2. The third-order valence-corrected chi connectivity index (χ3v) is 7.53. The molecule has 4 aromatic rings. The Bertz CT molecular complexity index is 1540. The molecule has 3 heterocycles. The summed E-state index contributed by atoms with van der Waals surface area (Å²) in [7, 11) is -3.87. The van der Waals surface area contributed by atoms with Crippen LogP contribution < -0.4 is 21.3 Å². The molecule has 1 aliphatic rings. The number of thiocarbonyl (C=S) groups is 2. The molecule has 0 bridgehead atoms.